The molecule has 0 aliphatic carbocycles. The summed E-state index contributed by atoms with van der Waals surface area (Å²) in [4.78, 5) is 28.3. The van der Waals surface area contributed by atoms with E-state index in [9.17, 15) is 9.59 Å². The first-order valence-electron chi connectivity index (χ1n) is 8.89. The molecule has 2 N–H and O–H groups in total. The van der Waals surface area contributed by atoms with Crippen LogP contribution in [0.15, 0.2) is 53.9 Å². The number of hydrogen-bond acceptors (Lipinski definition) is 7. The van der Waals surface area contributed by atoms with Crippen LogP contribution in [0.1, 0.15) is 21.6 Å². The number of carbonyl (C=O) groups is 2. The fraction of sp³-hybridized carbons (Fsp3) is 0.190. The van der Waals surface area contributed by atoms with E-state index in [1.54, 1.807) is 25.3 Å². The van der Waals surface area contributed by atoms with Crippen LogP contribution >= 0.6 is 11.3 Å². The lowest BCUT2D eigenvalue weighted by atomic mass is 10.1. The second-order valence-corrected chi connectivity index (χ2v) is 7.07. The minimum Gasteiger partial charge on any atom is -0.497 e. The van der Waals surface area contributed by atoms with Crippen molar-refractivity contribution in [3.8, 4) is 5.75 Å². The van der Waals surface area contributed by atoms with Crippen LogP contribution in [0.3, 0.4) is 0 Å². The lowest BCUT2D eigenvalue weighted by Crippen LogP contribution is -2.30. The third kappa shape index (κ3) is 6.05. The molecule has 0 aliphatic heterocycles. The fourth-order valence-corrected chi connectivity index (χ4v) is 3.19. The van der Waals surface area contributed by atoms with Gasteiger partial charge < -0.3 is 20.1 Å². The molecule has 29 heavy (non-hydrogen) atoms. The molecular formula is C21H21N3O4S. The molecule has 3 rings (SSSR count). The molecule has 0 spiro atoms. The van der Waals surface area contributed by atoms with Crippen molar-refractivity contribution < 1.29 is 19.1 Å². The molecule has 0 fully saturated rings. The molecule has 0 radical (unpaired) electrons. The molecule has 1 heterocycles. The quantitative estimate of drug-likeness (QED) is 0.550. The molecule has 150 valence electrons. The van der Waals surface area contributed by atoms with E-state index in [1.165, 1.54) is 11.3 Å². The van der Waals surface area contributed by atoms with E-state index in [2.05, 4.69) is 15.6 Å². The predicted molar refractivity (Wildman–Crippen MR) is 112 cm³/mol. The van der Waals surface area contributed by atoms with Crippen molar-refractivity contribution in [2.75, 3.05) is 19.0 Å². The molecule has 0 unspecified atom stereocenters. The summed E-state index contributed by atoms with van der Waals surface area (Å²) in [6.45, 7) is 1.74. The molecule has 3 aromatic rings. The van der Waals surface area contributed by atoms with Crippen molar-refractivity contribution in [1.82, 2.24) is 10.3 Å². The lowest BCUT2D eigenvalue weighted by molar-refractivity contribution is -0.143. The van der Waals surface area contributed by atoms with Gasteiger partial charge in [-0.1, -0.05) is 17.7 Å². The average Bonchev–Trinajstić information content (AvgIpc) is 3.18. The van der Waals surface area contributed by atoms with Gasteiger partial charge in [0.15, 0.2) is 5.13 Å². The van der Waals surface area contributed by atoms with Crippen LogP contribution in [-0.2, 0) is 16.1 Å². The van der Waals surface area contributed by atoms with E-state index >= 15 is 0 Å². The zero-order valence-corrected chi connectivity index (χ0v) is 16.9. The Labute approximate surface area is 172 Å². The van der Waals surface area contributed by atoms with E-state index in [4.69, 9.17) is 9.47 Å². The molecule has 0 atom stereocenters. The van der Waals surface area contributed by atoms with Gasteiger partial charge in [-0.05, 0) is 43.3 Å². The number of benzene rings is 2. The monoisotopic (exact) mass is 411 g/mol. The van der Waals surface area contributed by atoms with Gasteiger partial charge in [-0.3, -0.25) is 9.59 Å². The summed E-state index contributed by atoms with van der Waals surface area (Å²) in [5.74, 6) is -0.0641. The summed E-state index contributed by atoms with van der Waals surface area (Å²) in [5.41, 5.74) is 2.99. The number of aromatic nitrogens is 1. The minimum atomic E-state index is -0.524. The second-order valence-electron chi connectivity index (χ2n) is 6.21. The topological polar surface area (TPSA) is 89.5 Å². The molecule has 2 aromatic carbocycles. The number of nitrogens with one attached hydrogen (secondary N) is 2. The minimum absolute atomic E-state index is 0.0416. The highest BCUT2D eigenvalue weighted by molar-refractivity contribution is 7.13. The molecule has 1 amide bonds. The van der Waals surface area contributed by atoms with Crippen LogP contribution in [0.4, 0.5) is 10.8 Å². The van der Waals surface area contributed by atoms with E-state index < -0.39 is 5.97 Å². The molecule has 1 aromatic heterocycles. The Balaban J connectivity index is 1.44. The highest BCUT2D eigenvalue weighted by Crippen LogP contribution is 2.23. The van der Waals surface area contributed by atoms with E-state index in [0.717, 1.165) is 17.0 Å². The van der Waals surface area contributed by atoms with Crippen molar-refractivity contribution in [1.29, 1.82) is 0 Å². The zero-order valence-electron chi connectivity index (χ0n) is 16.1. The maximum atomic E-state index is 12.0. The zero-order chi connectivity index (χ0) is 20.6. The van der Waals surface area contributed by atoms with Gasteiger partial charge in [0.25, 0.3) is 5.91 Å². The molecule has 0 bridgehead atoms. The Morgan fingerprint density at radius 1 is 1.14 bits per heavy atom. The Morgan fingerprint density at radius 2 is 1.93 bits per heavy atom. The van der Waals surface area contributed by atoms with Crippen molar-refractivity contribution in [2.45, 2.75) is 13.5 Å². The van der Waals surface area contributed by atoms with Gasteiger partial charge in [-0.2, -0.15) is 0 Å². The van der Waals surface area contributed by atoms with Crippen LogP contribution < -0.4 is 15.4 Å². The Hall–Kier alpha value is -3.39. The number of aryl methyl sites for hydroxylation is 1. The van der Waals surface area contributed by atoms with Gasteiger partial charge in [-0.15, -0.1) is 11.3 Å². The van der Waals surface area contributed by atoms with Gasteiger partial charge in [0, 0.05) is 16.6 Å². The second kappa shape index (κ2) is 9.70. The van der Waals surface area contributed by atoms with Gasteiger partial charge in [0.1, 0.15) is 18.9 Å². The fourth-order valence-electron chi connectivity index (χ4n) is 2.47. The number of rotatable bonds is 8. The number of hydrogen-bond donors (Lipinski definition) is 2. The van der Waals surface area contributed by atoms with Crippen molar-refractivity contribution >= 4 is 34.0 Å². The third-order valence-corrected chi connectivity index (χ3v) is 4.75. The van der Waals surface area contributed by atoms with Crippen LogP contribution in [-0.4, -0.2) is 30.5 Å². The smallest absolute Gasteiger partial charge is 0.325 e. The SMILES string of the molecule is COc1ccc(Nc2nc(COC(=O)CNC(=O)c3cccc(C)c3)cs2)cc1. The maximum absolute atomic E-state index is 12.0. The van der Waals surface area contributed by atoms with Gasteiger partial charge in [0.2, 0.25) is 0 Å². The number of amides is 1. The lowest BCUT2D eigenvalue weighted by Gasteiger charge is -2.06. The van der Waals surface area contributed by atoms with Crippen molar-refractivity contribution in [3.63, 3.8) is 0 Å². The predicted octanol–water partition coefficient (Wildman–Crippen LogP) is 3.68. The molecule has 8 heteroatoms. The first-order valence-corrected chi connectivity index (χ1v) is 9.77. The molecule has 0 aliphatic rings. The summed E-state index contributed by atoms with van der Waals surface area (Å²) < 4.78 is 10.3. The summed E-state index contributed by atoms with van der Waals surface area (Å²) in [5, 5.41) is 8.23. The Kier molecular flexibility index (Phi) is 6.80. The molecular weight excluding hydrogens is 390 g/mol. The first-order chi connectivity index (χ1) is 14.0. The molecule has 7 nitrogen and oxygen atoms in total. The normalized spacial score (nSPS) is 10.3. The van der Waals surface area contributed by atoms with Crippen molar-refractivity contribution in [3.05, 3.63) is 70.7 Å². The first kappa shape index (κ1) is 20.3. The average molecular weight is 411 g/mol. The Bertz CT molecular complexity index is 986. The standard InChI is InChI=1S/C21H21N3O4S/c1-14-4-3-5-15(10-14)20(26)22-11-19(25)28-12-17-13-29-21(24-17)23-16-6-8-18(27-2)9-7-16/h3-10,13H,11-12H2,1-2H3,(H,22,26)(H,23,24). The summed E-state index contributed by atoms with van der Waals surface area (Å²) in [6.07, 6.45) is 0. The largest absolute Gasteiger partial charge is 0.497 e. The van der Waals surface area contributed by atoms with Crippen LogP contribution in [0.2, 0.25) is 0 Å². The number of nitrogens with zero attached hydrogens (tertiary/aromatic N) is 1. The summed E-state index contributed by atoms with van der Waals surface area (Å²) in [7, 11) is 1.62. The number of carbonyl (C=O) groups excluding carboxylic acids is 2. The van der Waals surface area contributed by atoms with E-state index in [1.807, 2.05) is 42.6 Å². The summed E-state index contributed by atoms with van der Waals surface area (Å²) in [6, 6.07) is 14.6. The number of anilines is 2. The maximum Gasteiger partial charge on any atom is 0.325 e. The number of ether oxygens (including phenoxy) is 2. The summed E-state index contributed by atoms with van der Waals surface area (Å²) >= 11 is 1.41. The highest BCUT2D eigenvalue weighted by Gasteiger charge is 2.10. The van der Waals surface area contributed by atoms with Crippen molar-refractivity contribution in [2.24, 2.45) is 0 Å². The van der Waals surface area contributed by atoms with E-state index in [0.29, 0.717) is 16.4 Å². The van der Waals surface area contributed by atoms with Crippen LogP contribution in [0.5, 0.6) is 5.75 Å². The van der Waals surface area contributed by atoms with Gasteiger partial charge in [-0.25, -0.2) is 4.98 Å². The number of thiazole rings is 1. The number of esters is 1. The number of methoxy groups -OCH3 is 1. The van der Waals surface area contributed by atoms with E-state index in [-0.39, 0.29) is 19.1 Å². The van der Waals surface area contributed by atoms with Crippen LogP contribution in [0, 0.1) is 6.92 Å². The molecule has 0 saturated carbocycles. The van der Waals surface area contributed by atoms with Gasteiger partial charge >= 0.3 is 5.97 Å². The Morgan fingerprint density at radius 3 is 2.66 bits per heavy atom. The molecule has 0 saturated heterocycles. The highest BCUT2D eigenvalue weighted by atomic mass is 32.1. The van der Waals surface area contributed by atoms with Crippen LogP contribution in [0.25, 0.3) is 0 Å². The third-order valence-electron chi connectivity index (χ3n) is 3.95. The van der Waals surface area contributed by atoms with Gasteiger partial charge in [0.05, 0.1) is 12.8 Å².